The van der Waals surface area contributed by atoms with Crippen LogP contribution in [0.15, 0.2) is 72.9 Å². The van der Waals surface area contributed by atoms with E-state index in [-0.39, 0.29) is 38.1 Å². The number of hydrogen-bond donors (Lipinski definition) is 7. The van der Waals surface area contributed by atoms with E-state index in [1.54, 1.807) is 50.2 Å². The topological polar surface area (TPSA) is 298 Å². The van der Waals surface area contributed by atoms with Crippen molar-refractivity contribution in [1.82, 2.24) is 46.4 Å². The van der Waals surface area contributed by atoms with Crippen LogP contribution < -0.4 is 36.8 Å². The molecule has 0 saturated heterocycles. The second-order valence-electron chi connectivity index (χ2n) is 18.7. The summed E-state index contributed by atoms with van der Waals surface area (Å²) in [5.74, 6) is -6.16. The number of aliphatic hydroxyl groups is 1. The molecule has 1 unspecified atom stereocenters. The summed E-state index contributed by atoms with van der Waals surface area (Å²) < 4.78 is 28.5. The van der Waals surface area contributed by atoms with E-state index in [9.17, 15) is 48.3 Å². The predicted molar refractivity (Wildman–Crippen MR) is 273 cm³/mol. The summed E-state index contributed by atoms with van der Waals surface area (Å²) in [6, 6.07) is 13.0. The van der Waals surface area contributed by atoms with Crippen LogP contribution in [0.5, 0.6) is 0 Å². The molecule has 398 valence electrons. The van der Waals surface area contributed by atoms with Crippen molar-refractivity contribution in [3.8, 4) is 11.4 Å². The molecule has 0 saturated carbocycles. The zero-order chi connectivity index (χ0) is 54.7. The second kappa shape index (κ2) is 22.3. The Bertz CT molecular complexity index is 3390. The number of halogens is 1. The van der Waals surface area contributed by atoms with Crippen LogP contribution in [-0.2, 0) is 90.6 Å². The molecule has 0 bridgehead atoms. The number of aryl methyl sites for hydroxylation is 1. The number of anilines is 1. The van der Waals surface area contributed by atoms with E-state index in [2.05, 4.69) is 36.9 Å². The summed E-state index contributed by atoms with van der Waals surface area (Å²) in [4.78, 5) is 124. The van der Waals surface area contributed by atoms with E-state index in [0.717, 1.165) is 33.7 Å². The highest BCUT2D eigenvalue weighted by molar-refractivity contribution is 7.71. The molecule has 6 heterocycles. The number of aromatic nitrogens is 3. The van der Waals surface area contributed by atoms with E-state index in [0.29, 0.717) is 67.7 Å². The van der Waals surface area contributed by atoms with Crippen LogP contribution in [0.2, 0.25) is 0 Å². The predicted octanol–water partition coefficient (Wildman–Crippen LogP) is 1.23. The highest BCUT2D eigenvalue weighted by Crippen LogP contribution is 2.47. The maximum Gasteiger partial charge on any atom is 0.343 e. The van der Waals surface area contributed by atoms with Gasteiger partial charge in [-0.15, -0.1) is 0 Å². The Balaban J connectivity index is 0.753. The van der Waals surface area contributed by atoms with Crippen LogP contribution in [0.25, 0.3) is 22.3 Å². The van der Waals surface area contributed by atoms with Gasteiger partial charge in [0.05, 0.1) is 67.4 Å². The average Bonchev–Trinajstić information content (AvgIpc) is 4.09. The number of ether oxygens (including phenoxy) is 2. The Morgan fingerprint density at radius 1 is 0.896 bits per heavy atom. The summed E-state index contributed by atoms with van der Waals surface area (Å²) in [6.45, 7) is 1.07. The van der Waals surface area contributed by atoms with Crippen molar-refractivity contribution in [1.29, 1.82) is 0 Å². The molecule has 0 spiro atoms. The first-order valence-corrected chi connectivity index (χ1v) is 25.0. The second-order valence-corrected chi connectivity index (χ2v) is 19.1. The third kappa shape index (κ3) is 11.1. The van der Waals surface area contributed by atoms with E-state index >= 15 is 4.39 Å². The summed E-state index contributed by atoms with van der Waals surface area (Å²) in [7, 11) is 0. The number of nitrogens with zero attached hydrogens (tertiary/aromatic N) is 4. The highest BCUT2D eigenvalue weighted by atomic mass is 32.1. The fraction of sp³-hybridized carbons (Fsp3) is 0.321. The van der Waals surface area contributed by atoms with Gasteiger partial charge in [0.15, 0.2) is 5.60 Å². The number of esters is 1. The first-order chi connectivity index (χ1) is 36.9. The minimum Gasteiger partial charge on any atom is -0.458 e. The lowest BCUT2D eigenvalue weighted by atomic mass is 9.81. The van der Waals surface area contributed by atoms with Gasteiger partial charge in [0.1, 0.15) is 36.4 Å². The number of amides is 8. The third-order valence-electron chi connectivity index (χ3n) is 13.8. The van der Waals surface area contributed by atoms with Crippen molar-refractivity contribution < 1.29 is 62.1 Å². The molecule has 3 aromatic heterocycles. The fourth-order valence-electron chi connectivity index (χ4n) is 9.82. The van der Waals surface area contributed by atoms with Crippen molar-refractivity contribution in [3.05, 3.63) is 128 Å². The molecule has 22 nitrogen and oxygen atoms in total. The van der Waals surface area contributed by atoms with Crippen molar-refractivity contribution >= 4 is 82.0 Å². The third-order valence-corrected chi connectivity index (χ3v) is 14.3. The monoisotopic (exact) mass is 1070 g/mol. The molecule has 4 aliphatic rings. The van der Waals surface area contributed by atoms with Crippen molar-refractivity contribution in [2.45, 2.75) is 76.8 Å². The minimum atomic E-state index is -1.92. The minimum absolute atomic E-state index is 0.0270. The summed E-state index contributed by atoms with van der Waals surface area (Å²) >= 11 is 5.91. The van der Waals surface area contributed by atoms with Crippen molar-refractivity contribution in [2.24, 2.45) is 0 Å². The van der Waals surface area contributed by atoms with Crippen LogP contribution in [0.4, 0.5) is 10.1 Å². The number of pyridine rings is 3. The number of carbonyl (C=O) groups is 9. The van der Waals surface area contributed by atoms with Crippen molar-refractivity contribution in [2.75, 3.05) is 37.9 Å². The van der Waals surface area contributed by atoms with Gasteiger partial charge in [-0.05, 0) is 66.6 Å². The lowest BCUT2D eigenvalue weighted by Gasteiger charge is -2.32. The molecule has 3 atom stereocenters. The number of carbonyl (C=O) groups excluding carboxylic acids is 9. The van der Waals surface area contributed by atoms with Crippen LogP contribution in [0, 0.1) is 17.4 Å². The van der Waals surface area contributed by atoms with Gasteiger partial charge in [0.2, 0.25) is 35.4 Å². The Hall–Kier alpha value is -8.61. The molecule has 7 N–H and O–H groups in total. The molecule has 3 aliphatic heterocycles. The van der Waals surface area contributed by atoms with Crippen LogP contribution in [-0.4, -0.2) is 112 Å². The summed E-state index contributed by atoms with van der Waals surface area (Å²) in [6.07, 6.45) is 4.23. The largest absolute Gasteiger partial charge is 0.458 e. The molecule has 24 heteroatoms. The molecule has 8 amide bonds. The molecule has 9 rings (SSSR count). The maximum atomic E-state index is 15.4. The Morgan fingerprint density at radius 3 is 2.34 bits per heavy atom. The number of hydrogen-bond acceptors (Lipinski definition) is 15. The molecular formula is C53H51FN10O12S. The molecule has 5 aromatic rings. The molecule has 2 aromatic carbocycles. The highest BCUT2D eigenvalue weighted by Gasteiger charge is 2.45. The SMILES string of the molecule is CC[C@@]1(O)C(=O)OCc2c1cc1n(c2=S)Cc2c-1nc1cc(F)c(C)c3c1c2C(NC(=O)COCNC(=O)CNC(=O)[C@H](Cc1ccccc1)NC(=O)CNC(=O)CNC(=O)Cc1ccc(N2C(=O)C=CC2=O)cn1)CC3. The Morgan fingerprint density at radius 2 is 1.61 bits per heavy atom. The van der Waals surface area contributed by atoms with Crippen molar-refractivity contribution in [3.63, 3.8) is 0 Å². The Labute approximate surface area is 443 Å². The van der Waals surface area contributed by atoms with E-state index in [1.807, 2.05) is 4.57 Å². The fourth-order valence-corrected chi connectivity index (χ4v) is 10.2. The first-order valence-electron chi connectivity index (χ1n) is 24.5. The number of imide groups is 1. The van der Waals surface area contributed by atoms with Gasteiger partial charge in [0, 0.05) is 52.4 Å². The van der Waals surface area contributed by atoms with Gasteiger partial charge >= 0.3 is 5.97 Å². The molecule has 0 fully saturated rings. The Kier molecular flexibility index (Phi) is 15.4. The lowest BCUT2D eigenvalue weighted by Crippen LogP contribution is -2.52. The van der Waals surface area contributed by atoms with Crippen LogP contribution >= 0.6 is 12.2 Å². The smallest absolute Gasteiger partial charge is 0.343 e. The molecule has 1 aliphatic carbocycles. The molecule has 77 heavy (non-hydrogen) atoms. The molecule has 0 radical (unpaired) electrons. The van der Waals surface area contributed by atoms with Gasteiger partial charge in [-0.2, -0.15) is 0 Å². The van der Waals surface area contributed by atoms with Gasteiger partial charge in [-0.25, -0.2) is 19.1 Å². The van der Waals surface area contributed by atoms with Gasteiger partial charge in [0.25, 0.3) is 11.8 Å². The van der Waals surface area contributed by atoms with Crippen LogP contribution in [0.1, 0.15) is 70.4 Å². The number of fused-ring (bicyclic) bond motifs is 5. The standard InChI is InChI=1S/C53H51FN10O12S/c1-3-53(74)34-17-39-49-32(23-63(39)51(77)33(34)24-76-52(53)73)48-36(12-11-31-27(2)35(54)18-37(62-49)47(31)48)60-44(69)25-75-26-59-42(67)21-58-50(72)38(15-28-7-5-4-6-8-28)61-43(68)22-57-41(66)20-56-40(65)16-29-9-10-30(19-55-29)64-45(70)13-14-46(64)71/h4-10,13-14,17-19,36,38,74H,3,11-12,15-16,20-26H2,1-2H3,(H,56,65)(H,57,66)(H,58,72)(H,59,67)(H,60,69)(H,61,68)/t36?,38-,53-/m0/s1. The van der Waals surface area contributed by atoms with E-state index < -0.39 is 110 Å². The van der Waals surface area contributed by atoms with Crippen LogP contribution in [0.3, 0.4) is 0 Å². The van der Waals surface area contributed by atoms with Gasteiger partial charge in [-0.3, -0.25) is 43.3 Å². The zero-order valence-corrected chi connectivity index (χ0v) is 42.4. The normalized spacial score (nSPS) is 17.2. The quantitative estimate of drug-likeness (QED) is 0.0197. The van der Waals surface area contributed by atoms with E-state index in [4.69, 9.17) is 26.7 Å². The number of cyclic esters (lactones) is 1. The average molecular weight is 1070 g/mol. The maximum absolute atomic E-state index is 15.4. The lowest BCUT2D eigenvalue weighted by molar-refractivity contribution is -0.172. The number of rotatable bonds is 19. The number of nitrogens with one attached hydrogen (secondary N) is 6. The zero-order valence-electron chi connectivity index (χ0n) is 41.6. The molecular weight excluding hydrogens is 1020 g/mol. The van der Waals surface area contributed by atoms with E-state index in [1.165, 1.54) is 24.4 Å². The summed E-state index contributed by atoms with van der Waals surface area (Å²) in [5.41, 5.74) is 4.24. The first kappa shape index (κ1) is 53.2. The summed E-state index contributed by atoms with van der Waals surface area (Å²) in [5, 5.41) is 27.5. The van der Waals surface area contributed by atoms with Gasteiger partial charge < -0.3 is 51.0 Å². The van der Waals surface area contributed by atoms with Gasteiger partial charge in [-0.1, -0.05) is 49.5 Å². The number of benzene rings is 2.